The first kappa shape index (κ1) is 20.6. The zero-order chi connectivity index (χ0) is 20.9. The molecule has 2 aliphatic heterocycles. The number of piperidine rings is 1. The zero-order valence-corrected chi connectivity index (χ0v) is 18.0. The molecule has 0 saturated carbocycles. The van der Waals surface area contributed by atoms with Gasteiger partial charge in [-0.15, -0.1) is 11.8 Å². The topological polar surface area (TPSA) is 61.9 Å². The molecule has 1 N–H and O–H groups in total. The van der Waals surface area contributed by atoms with Crippen molar-refractivity contribution in [2.24, 2.45) is 0 Å². The number of carbonyl (C=O) groups is 2. The Bertz CT molecular complexity index is 897. The Hall–Kier alpha value is -2.67. The Morgan fingerprint density at radius 1 is 1.07 bits per heavy atom. The Labute approximate surface area is 181 Å². The lowest BCUT2D eigenvalue weighted by atomic mass is 10.1. The SMILES string of the molecule is CSc1ccc(NC(=O)CN2CC(C(=O)N3CCCCC3)Oc3ccccc32)cc1. The van der Waals surface area contributed by atoms with Gasteiger partial charge < -0.3 is 19.9 Å². The molecule has 0 spiro atoms. The minimum atomic E-state index is -0.591. The van der Waals surface area contributed by atoms with Crippen molar-refractivity contribution in [3.05, 3.63) is 48.5 Å². The van der Waals surface area contributed by atoms with Gasteiger partial charge in [-0.3, -0.25) is 9.59 Å². The number of amides is 2. The summed E-state index contributed by atoms with van der Waals surface area (Å²) in [4.78, 5) is 30.7. The lowest BCUT2D eigenvalue weighted by molar-refractivity contribution is -0.139. The molecule has 2 heterocycles. The van der Waals surface area contributed by atoms with Gasteiger partial charge in [0.1, 0.15) is 5.75 Å². The van der Waals surface area contributed by atoms with Crippen LogP contribution >= 0.6 is 11.8 Å². The van der Waals surface area contributed by atoms with Crippen molar-refractivity contribution in [3.63, 3.8) is 0 Å². The van der Waals surface area contributed by atoms with Crippen LogP contribution in [-0.4, -0.2) is 55.3 Å². The number of para-hydroxylation sites is 2. The summed E-state index contributed by atoms with van der Waals surface area (Å²) in [6.45, 7) is 2.10. The second kappa shape index (κ2) is 9.43. The van der Waals surface area contributed by atoms with Crippen LogP contribution in [0.15, 0.2) is 53.4 Å². The fourth-order valence-electron chi connectivity index (χ4n) is 3.95. The first-order valence-corrected chi connectivity index (χ1v) is 11.6. The number of rotatable bonds is 5. The van der Waals surface area contributed by atoms with E-state index in [2.05, 4.69) is 5.32 Å². The molecule has 0 aliphatic carbocycles. The van der Waals surface area contributed by atoms with Crippen LogP contribution in [0, 0.1) is 0 Å². The maximum atomic E-state index is 13.0. The van der Waals surface area contributed by atoms with E-state index in [0.29, 0.717) is 12.3 Å². The van der Waals surface area contributed by atoms with Gasteiger partial charge in [0.25, 0.3) is 5.91 Å². The van der Waals surface area contributed by atoms with Gasteiger partial charge in [-0.05, 0) is 61.9 Å². The van der Waals surface area contributed by atoms with Gasteiger partial charge in [0.15, 0.2) is 6.10 Å². The number of hydrogen-bond acceptors (Lipinski definition) is 5. The molecule has 0 bridgehead atoms. The first-order chi connectivity index (χ1) is 14.6. The highest BCUT2D eigenvalue weighted by Gasteiger charge is 2.34. The molecular weight excluding hydrogens is 398 g/mol. The lowest BCUT2D eigenvalue weighted by Gasteiger charge is -2.38. The van der Waals surface area contributed by atoms with E-state index in [4.69, 9.17) is 4.74 Å². The highest BCUT2D eigenvalue weighted by molar-refractivity contribution is 7.98. The van der Waals surface area contributed by atoms with Crippen molar-refractivity contribution < 1.29 is 14.3 Å². The highest BCUT2D eigenvalue weighted by atomic mass is 32.2. The number of nitrogens with zero attached hydrogens (tertiary/aromatic N) is 2. The summed E-state index contributed by atoms with van der Waals surface area (Å²) >= 11 is 1.66. The quantitative estimate of drug-likeness (QED) is 0.742. The van der Waals surface area contributed by atoms with Crippen LogP contribution in [0.2, 0.25) is 0 Å². The molecule has 1 unspecified atom stereocenters. The largest absolute Gasteiger partial charge is 0.477 e. The number of hydrogen-bond donors (Lipinski definition) is 1. The number of anilines is 2. The molecule has 30 heavy (non-hydrogen) atoms. The highest BCUT2D eigenvalue weighted by Crippen LogP contribution is 2.33. The van der Waals surface area contributed by atoms with Crippen LogP contribution in [-0.2, 0) is 9.59 Å². The number of fused-ring (bicyclic) bond motifs is 1. The third-order valence-corrected chi connectivity index (χ3v) is 6.26. The third-order valence-electron chi connectivity index (χ3n) is 5.51. The predicted molar refractivity (Wildman–Crippen MR) is 120 cm³/mol. The van der Waals surface area contributed by atoms with E-state index >= 15 is 0 Å². The Morgan fingerprint density at radius 3 is 2.53 bits per heavy atom. The van der Waals surface area contributed by atoms with Crippen molar-refractivity contribution in [1.29, 1.82) is 0 Å². The van der Waals surface area contributed by atoms with Crippen molar-refractivity contribution in [1.82, 2.24) is 4.90 Å². The van der Waals surface area contributed by atoms with Crippen molar-refractivity contribution in [3.8, 4) is 5.75 Å². The summed E-state index contributed by atoms with van der Waals surface area (Å²) in [5, 5.41) is 2.95. The van der Waals surface area contributed by atoms with Gasteiger partial charge in [0, 0.05) is 23.7 Å². The molecule has 6 nitrogen and oxygen atoms in total. The van der Waals surface area contributed by atoms with Crippen LogP contribution in [0.5, 0.6) is 5.75 Å². The fourth-order valence-corrected chi connectivity index (χ4v) is 4.36. The van der Waals surface area contributed by atoms with Crippen molar-refractivity contribution in [2.75, 3.05) is 42.7 Å². The van der Waals surface area contributed by atoms with E-state index in [-0.39, 0.29) is 18.4 Å². The molecule has 2 aliphatic rings. The summed E-state index contributed by atoms with van der Waals surface area (Å²) in [7, 11) is 0. The number of benzene rings is 2. The van der Waals surface area contributed by atoms with E-state index < -0.39 is 6.10 Å². The van der Waals surface area contributed by atoms with Crippen LogP contribution < -0.4 is 15.0 Å². The van der Waals surface area contributed by atoms with E-state index in [1.165, 1.54) is 6.42 Å². The van der Waals surface area contributed by atoms with E-state index in [1.807, 2.05) is 64.6 Å². The summed E-state index contributed by atoms with van der Waals surface area (Å²) in [5.41, 5.74) is 1.60. The average Bonchev–Trinajstić information content (AvgIpc) is 2.79. The molecular formula is C23H27N3O3S. The van der Waals surface area contributed by atoms with E-state index in [0.717, 1.165) is 42.2 Å². The number of thioether (sulfide) groups is 1. The Kier molecular flexibility index (Phi) is 6.47. The van der Waals surface area contributed by atoms with E-state index in [9.17, 15) is 9.59 Å². The molecule has 1 fully saturated rings. The minimum absolute atomic E-state index is 0.0160. The van der Waals surface area contributed by atoms with Crippen LogP contribution in [0.25, 0.3) is 0 Å². The normalized spacial score (nSPS) is 18.4. The molecule has 158 valence electrons. The molecule has 1 atom stereocenters. The molecule has 2 aromatic carbocycles. The zero-order valence-electron chi connectivity index (χ0n) is 17.2. The number of nitrogens with one attached hydrogen (secondary N) is 1. The van der Waals surface area contributed by atoms with Gasteiger partial charge >= 0.3 is 0 Å². The van der Waals surface area contributed by atoms with Crippen LogP contribution in [0.1, 0.15) is 19.3 Å². The minimum Gasteiger partial charge on any atom is -0.477 e. The fraction of sp³-hybridized carbons (Fsp3) is 0.391. The van der Waals surface area contributed by atoms with Gasteiger partial charge in [-0.25, -0.2) is 0 Å². The first-order valence-electron chi connectivity index (χ1n) is 10.4. The summed E-state index contributed by atoms with van der Waals surface area (Å²) in [5.74, 6) is 0.547. The van der Waals surface area contributed by atoms with Crippen LogP contribution in [0.4, 0.5) is 11.4 Å². The molecule has 4 rings (SSSR count). The average molecular weight is 426 g/mol. The second-order valence-corrected chi connectivity index (χ2v) is 8.50. The Morgan fingerprint density at radius 2 is 1.80 bits per heavy atom. The maximum absolute atomic E-state index is 13.0. The molecule has 1 saturated heterocycles. The predicted octanol–water partition coefficient (Wildman–Crippen LogP) is 3.63. The van der Waals surface area contributed by atoms with Gasteiger partial charge in [-0.1, -0.05) is 12.1 Å². The summed E-state index contributed by atoms with van der Waals surface area (Å²) < 4.78 is 6.04. The molecule has 0 radical (unpaired) electrons. The van der Waals surface area contributed by atoms with Gasteiger partial charge in [0.05, 0.1) is 18.8 Å². The molecule has 2 aromatic rings. The summed E-state index contributed by atoms with van der Waals surface area (Å²) in [6, 6.07) is 15.4. The van der Waals surface area contributed by atoms with Crippen LogP contribution in [0.3, 0.4) is 0 Å². The molecule has 2 amide bonds. The van der Waals surface area contributed by atoms with Crippen molar-refractivity contribution in [2.45, 2.75) is 30.3 Å². The van der Waals surface area contributed by atoms with Gasteiger partial charge in [-0.2, -0.15) is 0 Å². The summed E-state index contributed by atoms with van der Waals surface area (Å²) in [6.07, 6.45) is 4.67. The third kappa shape index (κ3) is 4.73. The van der Waals surface area contributed by atoms with Gasteiger partial charge in [0.2, 0.25) is 5.91 Å². The second-order valence-electron chi connectivity index (χ2n) is 7.62. The smallest absolute Gasteiger partial charge is 0.265 e. The standard InChI is InChI=1S/C23H27N3O3S/c1-30-18-11-9-17(10-12-18)24-22(27)16-26-15-21(23(28)25-13-5-2-6-14-25)29-20-8-4-3-7-19(20)26/h3-4,7-12,21H,2,5-6,13-16H2,1H3,(H,24,27). The maximum Gasteiger partial charge on any atom is 0.265 e. The molecule has 7 heteroatoms. The number of ether oxygens (including phenoxy) is 1. The van der Waals surface area contributed by atoms with Crippen molar-refractivity contribution >= 4 is 35.0 Å². The molecule has 0 aromatic heterocycles. The monoisotopic (exact) mass is 425 g/mol. The number of likely N-dealkylation sites (tertiary alicyclic amines) is 1. The van der Waals surface area contributed by atoms with E-state index in [1.54, 1.807) is 11.8 Å². The lowest BCUT2D eigenvalue weighted by Crippen LogP contribution is -2.52. The Balaban J connectivity index is 1.46. The number of carbonyl (C=O) groups excluding carboxylic acids is 2.